The van der Waals surface area contributed by atoms with Crippen LogP contribution in [0.25, 0.3) is 0 Å². The van der Waals surface area contributed by atoms with Crippen LogP contribution in [0.1, 0.15) is 40.5 Å². The van der Waals surface area contributed by atoms with Crippen LogP contribution in [0.15, 0.2) is 0 Å². The average Bonchev–Trinajstić information content (AvgIpc) is 2.05. The van der Waals surface area contributed by atoms with Crippen molar-refractivity contribution < 1.29 is 4.79 Å². The van der Waals surface area contributed by atoms with Crippen LogP contribution in [-0.4, -0.2) is 11.8 Å². The molecule has 0 aromatic carbocycles. The van der Waals surface area contributed by atoms with E-state index in [-0.39, 0.29) is 23.7 Å². The number of hydrogen-bond acceptors (Lipinski definition) is 2. The number of hydrogen-bond donors (Lipinski definition) is 1. The van der Waals surface area contributed by atoms with Gasteiger partial charge in [-0.05, 0) is 18.8 Å². The highest BCUT2D eigenvalue weighted by Gasteiger charge is 2.23. The molecular weight excluding hydrogens is 150 g/mol. The minimum absolute atomic E-state index is 0.169. The maximum atomic E-state index is 11.6. The van der Waals surface area contributed by atoms with E-state index in [1.807, 2.05) is 27.7 Å². The molecule has 0 aliphatic rings. The van der Waals surface area contributed by atoms with Gasteiger partial charge in [-0.25, -0.2) is 0 Å². The number of Topliss-reactive ketones (excluding diaryl/α,β-unsaturated/α-hetero) is 1. The average molecular weight is 171 g/mol. The lowest BCUT2D eigenvalue weighted by Crippen LogP contribution is -2.39. The number of carbonyl (C=O) groups is 1. The van der Waals surface area contributed by atoms with E-state index in [0.29, 0.717) is 0 Å². The molecule has 72 valence electrons. The molecule has 0 rings (SSSR count). The Balaban J connectivity index is 4.16. The van der Waals surface area contributed by atoms with Gasteiger partial charge in [-0.1, -0.05) is 27.7 Å². The lowest BCUT2D eigenvalue weighted by molar-refractivity contribution is -0.125. The van der Waals surface area contributed by atoms with Crippen molar-refractivity contribution in [2.24, 2.45) is 17.6 Å². The molecule has 0 saturated carbocycles. The molecule has 0 aliphatic carbocycles. The molecule has 0 saturated heterocycles. The van der Waals surface area contributed by atoms with Crippen LogP contribution < -0.4 is 5.73 Å². The highest BCUT2D eigenvalue weighted by molar-refractivity contribution is 5.86. The second-order valence-corrected chi connectivity index (χ2v) is 3.69. The largest absolute Gasteiger partial charge is 0.321 e. The molecule has 2 heteroatoms. The summed E-state index contributed by atoms with van der Waals surface area (Å²) >= 11 is 0. The fraction of sp³-hybridized carbons (Fsp3) is 0.900. The van der Waals surface area contributed by atoms with Gasteiger partial charge in [0.25, 0.3) is 0 Å². The Morgan fingerprint density at radius 3 is 1.92 bits per heavy atom. The van der Waals surface area contributed by atoms with Crippen LogP contribution in [-0.2, 0) is 4.79 Å². The van der Waals surface area contributed by atoms with Crippen LogP contribution >= 0.6 is 0 Å². The highest BCUT2D eigenvalue weighted by atomic mass is 16.1. The monoisotopic (exact) mass is 171 g/mol. The molecule has 12 heavy (non-hydrogen) atoms. The van der Waals surface area contributed by atoms with Gasteiger partial charge in [-0.2, -0.15) is 0 Å². The van der Waals surface area contributed by atoms with Crippen molar-refractivity contribution in [2.75, 3.05) is 0 Å². The van der Waals surface area contributed by atoms with E-state index < -0.39 is 0 Å². The quantitative estimate of drug-likeness (QED) is 0.687. The zero-order chi connectivity index (χ0) is 9.72. The van der Waals surface area contributed by atoms with Crippen LogP contribution in [0.5, 0.6) is 0 Å². The van der Waals surface area contributed by atoms with Gasteiger partial charge in [0.1, 0.15) is 0 Å². The molecule has 0 bridgehead atoms. The highest BCUT2D eigenvalue weighted by Crippen LogP contribution is 2.13. The van der Waals surface area contributed by atoms with E-state index in [1.165, 1.54) is 0 Å². The first-order valence-corrected chi connectivity index (χ1v) is 4.83. The molecule has 0 heterocycles. The van der Waals surface area contributed by atoms with Gasteiger partial charge in [0.05, 0.1) is 6.04 Å². The van der Waals surface area contributed by atoms with Gasteiger partial charge in [-0.15, -0.1) is 0 Å². The normalized spacial score (nSPS) is 13.9. The van der Waals surface area contributed by atoms with E-state index in [0.717, 1.165) is 12.8 Å². The SMILES string of the molecule is CCC(CC)C(=O)[C@@H](N)C(C)C. The third-order valence-electron chi connectivity index (χ3n) is 2.43. The van der Waals surface area contributed by atoms with E-state index in [2.05, 4.69) is 0 Å². The van der Waals surface area contributed by atoms with Gasteiger partial charge >= 0.3 is 0 Å². The maximum absolute atomic E-state index is 11.6. The third-order valence-corrected chi connectivity index (χ3v) is 2.43. The van der Waals surface area contributed by atoms with E-state index in [1.54, 1.807) is 0 Å². The lowest BCUT2D eigenvalue weighted by Gasteiger charge is -2.19. The summed E-state index contributed by atoms with van der Waals surface area (Å²) in [7, 11) is 0. The number of rotatable bonds is 5. The van der Waals surface area contributed by atoms with Crippen molar-refractivity contribution in [1.82, 2.24) is 0 Å². The van der Waals surface area contributed by atoms with Crippen LogP contribution in [0.3, 0.4) is 0 Å². The first-order valence-electron chi connectivity index (χ1n) is 4.83. The topological polar surface area (TPSA) is 43.1 Å². The van der Waals surface area contributed by atoms with Crippen molar-refractivity contribution in [3.8, 4) is 0 Å². The molecule has 0 radical (unpaired) electrons. The molecule has 2 N–H and O–H groups in total. The van der Waals surface area contributed by atoms with Crippen LogP contribution in [0.4, 0.5) is 0 Å². The second-order valence-electron chi connectivity index (χ2n) is 3.69. The minimum atomic E-state index is -0.269. The molecule has 0 spiro atoms. The minimum Gasteiger partial charge on any atom is -0.321 e. The van der Waals surface area contributed by atoms with E-state index in [4.69, 9.17) is 5.73 Å². The lowest BCUT2D eigenvalue weighted by atomic mass is 9.88. The summed E-state index contributed by atoms with van der Waals surface area (Å²) in [5.74, 6) is 0.662. The second kappa shape index (κ2) is 5.31. The molecule has 0 amide bonds. The van der Waals surface area contributed by atoms with Crippen molar-refractivity contribution in [2.45, 2.75) is 46.6 Å². The third kappa shape index (κ3) is 2.94. The van der Waals surface area contributed by atoms with Gasteiger partial charge in [0.15, 0.2) is 5.78 Å². The van der Waals surface area contributed by atoms with E-state index in [9.17, 15) is 4.79 Å². The summed E-state index contributed by atoms with van der Waals surface area (Å²) in [4.78, 5) is 11.6. The number of carbonyl (C=O) groups excluding carboxylic acids is 1. The Morgan fingerprint density at radius 1 is 1.25 bits per heavy atom. The van der Waals surface area contributed by atoms with Crippen molar-refractivity contribution in [1.29, 1.82) is 0 Å². The summed E-state index contributed by atoms with van der Waals surface area (Å²) < 4.78 is 0. The summed E-state index contributed by atoms with van der Waals surface area (Å²) in [5.41, 5.74) is 5.76. The zero-order valence-corrected chi connectivity index (χ0v) is 8.63. The van der Waals surface area contributed by atoms with Crippen molar-refractivity contribution >= 4 is 5.78 Å². The maximum Gasteiger partial charge on any atom is 0.152 e. The molecular formula is C10H21NO. The molecule has 0 fully saturated rings. The summed E-state index contributed by atoms with van der Waals surface area (Å²) in [5, 5.41) is 0. The molecule has 0 aromatic rings. The molecule has 0 aromatic heterocycles. The van der Waals surface area contributed by atoms with Crippen LogP contribution in [0, 0.1) is 11.8 Å². The Hall–Kier alpha value is -0.370. The van der Waals surface area contributed by atoms with Crippen molar-refractivity contribution in [3.63, 3.8) is 0 Å². The van der Waals surface area contributed by atoms with Gasteiger partial charge in [0, 0.05) is 5.92 Å². The Bertz CT molecular complexity index is 135. The first-order chi connectivity index (χ1) is 5.54. The predicted octanol–water partition coefficient (Wildman–Crippen LogP) is 1.98. The Labute approximate surface area is 75.5 Å². The first kappa shape index (κ1) is 11.6. The molecule has 2 nitrogen and oxygen atoms in total. The number of ketones is 1. The summed E-state index contributed by atoms with van der Waals surface area (Å²) in [6.45, 7) is 8.06. The zero-order valence-electron chi connectivity index (χ0n) is 8.63. The van der Waals surface area contributed by atoms with Gasteiger partial charge in [0.2, 0.25) is 0 Å². The fourth-order valence-corrected chi connectivity index (χ4v) is 1.29. The molecule has 0 unspecified atom stereocenters. The summed E-state index contributed by atoms with van der Waals surface area (Å²) in [6.07, 6.45) is 1.82. The molecule has 1 atom stereocenters. The van der Waals surface area contributed by atoms with Crippen molar-refractivity contribution in [3.05, 3.63) is 0 Å². The summed E-state index contributed by atoms with van der Waals surface area (Å²) in [6, 6.07) is -0.269. The van der Waals surface area contributed by atoms with E-state index >= 15 is 0 Å². The van der Waals surface area contributed by atoms with Gasteiger partial charge < -0.3 is 5.73 Å². The Morgan fingerprint density at radius 2 is 1.67 bits per heavy atom. The number of nitrogens with two attached hydrogens (primary N) is 1. The van der Waals surface area contributed by atoms with Gasteiger partial charge in [-0.3, -0.25) is 4.79 Å². The van der Waals surface area contributed by atoms with Crippen LogP contribution in [0.2, 0.25) is 0 Å². The molecule has 0 aliphatic heterocycles. The Kier molecular flexibility index (Phi) is 5.14. The predicted molar refractivity (Wildman–Crippen MR) is 51.9 cm³/mol. The fourth-order valence-electron chi connectivity index (χ4n) is 1.29. The smallest absolute Gasteiger partial charge is 0.152 e. The standard InChI is InChI=1S/C10H21NO/c1-5-8(6-2)10(12)9(11)7(3)4/h7-9H,5-6,11H2,1-4H3/t9-/m0/s1.